The molecule has 0 aliphatic heterocycles. The number of hydrogen-bond acceptors (Lipinski definition) is 3. The summed E-state index contributed by atoms with van der Waals surface area (Å²) in [6, 6.07) is 12.8. The Balaban J connectivity index is 0.00000312. The van der Waals surface area contributed by atoms with Crippen LogP contribution in [0.1, 0.15) is 24.1 Å². The Hall–Kier alpha value is -1.67. The third-order valence-electron chi connectivity index (χ3n) is 3.66. The lowest BCUT2D eigenvalue weighted by Crippen LogP contribution is -2.38. The van der Waals surface area contributed by atoms with Crippen molar-refractivity contribution >= 4 is 41.5 Å². The Bertz CT molecular complexity index is 725. The zero-order valence-corrected chi connectivity index (χ0v) is 17.5. The summed E-state index contributed by atoms with van der Waals surface area (Å²) in [6.07, 6.45) is 0. The zero-order chi connectivity index (χ0) is 17.5. The molecule has 0 aliphatic rings. The first-order valence-electron chi connectivity index (χ1n) is 7.62. The number of ether oxygens (including phenoxy) is 1. The van der Waals surface area contributed by atoms with Gasteiger partial charge in [-0.1, -0.05) is 23.7 Å². The number of nitrogens with one attached hydrogen (secondary N) is 2. The van der Waals surface area contributed by atoms with Crippen molar-refractivity contribution in [1.29, 1.82) is 0 Å². The summed E-state index contributed by atoms with van der Waals surface area (Å²) < 4.78 is 5.18. The van der Waals surface area contributed by atoms with E-state index >= 15 is 0 Å². The summed E-state index contributed by atoms with van der Waals surface area (Å²) in [5.41, 5.74) is 1.79. The fourth-order valence-corrected chi connectivity index (χ4v) is 2.47. The second-order valence-electron chi connectivity index (χ2n) is 5.34. The molecular weight excluding hydrogens is 453 g/mol. The highest BCUT2D eigenvalue weighted by Gasteiger charge is 2.09. The second kappa shape index (κ2) is 10.4. The highest BCUT2D eigenvalue weighted by atomic mass is 127. The minimum absolute atomic E-state index is 0. The third kappa shape index (κ3) is 6.28. The van der Waals surface area contributed by atoms with Gasteiger partial charge in [0.05, 0.1) is 13.2 Å². The summed E-state index contributed by atoms with van der Waals surface area (Å²) in [6.45, 7) is 2.45. The highest BCUT2D eigenvalue weighted by molar-refractivity contribution is 14.0. The summed E-state index contributed by atoms with van der Waals surface area (Å²) in [4.78, 5) is 4.21. The molecule has 0 aliphatic carbocycles. The second-order valence-corrected chi connectivity index (χ2v) is 5.78. The summed E-state index contributed by atoms with van der Waals surface area (Å²) in [7, 11) is 3.29. The average Bonchev–Trinajstić information content (AvgIpc) is 2.59. The van der Waals surface area contributed by atoms with Gasteiger partial charge < -0.3 is 20.5 Å². The number of nitrogens with zero attached hydrogens (tertiary/aromatic N) is 1. The first-order valence-corrected chi connectivity index (χ1v) is 7.99. The van der Waals surface area contributed by atoms with E-state index in [2.05, 4.69) is 15.6 Å². The van der Waals surface area contributed by atoms with Gasteiger partial charge in [-0.05, 0) is 42.8 Å². The molecule has 7 heteroatoms. The van der Waals surface area contributed by atoms with E-state index in [9.17, 15) is 5.11 Å². The summed E-state index contributed by atoms with van der Waals surface area (Å²) in [5, 5.41) is 17.1. The minimum atomic E-state index is 0. The summed E-state index contributed by atoms with van der Waals surface area (Å²) in [5.74, 6) is 1.53. The lowest BCUT2D eigenvalue weighted by molar-refractivity contribution is 0.410. The van der Waals surface area contributed by atoms with Crippen LogP contribution in [0.5, 0.6) is 11.5 Å². The van der Waals surface area contributed by atoms with Crippen molar-refractivity contribution in [2.45, 2.75) is 19.5 Å². The maximum Gasteiger partial charge on any atom is 0.191 e. The molecule has 136 valence electrons. The molecular formula is C18H23ClIN3O2. The molecule has 2 aromatic carbocycles. The molecule has 5 nitrogen and oxygen atoms in total. The van der Waals surface area contributed by atoms with Crippen molar-refractivity contribution in [2.75, 3.05) is 14.2 Å². The van der Waals surface area contributed by atoms with Gasteiger partial charge in [-0.2, -0.15) is 0 Å². The van der Waals surface area contributed by atoms with Crippen molar-refractivity contribution in [3.63, 3.8) is 0 Å². The van der Waals surface area contributed by atoms with E-state index in [0.29, 0.717) is 23.3 Å². The SMILES string of the molecule is CN=C(NCc1cc(OC)ccc1O)NC(C)c1cccc(Cl)c1.I. The van der Waals surface area contributed by atoms with Crippen molar-refractivity contribution in [2.24, 2.45) is 4.99 Å². The largest absolute Gasteiger partial charge is 0.508 e. The number of phenolic OH excluding ortho intramolecular Hbond substituents is 1. The monoisotopic (exact) mass is 475 g/mol. The lowest BCUT2D eigenvalue weighted by atomic mass is 10.1. The van der Waals surface area contributed by atoms with Crippen LogP contribution in [0.2, 0.25) is 5.02 Å². The molecule has 25 heavy (non-hydrogen) atoms. The molecule has 1 unspecified atom stereocenters. The maximum atomic E-state index is 9.94. The molecule has 1 atom stereocenters. The molecule has 0 spiro atoms. The minimum Gasteiger partial charge on any atom is -0.508 e. The van der Waals surface area contributed by atoms with E-state index in [1.807, 2.05) is 31.2 Å². The van der Waals surface area contributed by atoms with Crippen LogP contribution in [-0.4, -0.2) is 25.2 Å². The quantitative estimate of drug-likeness (QED) is 0.346. The number of benzene rings is 2. The average molecular weight is 476 g/mol. The molecule has 2 rings (SSSR count). The fraction of sp³-hybridized carbons (Fsp3) is 0.278. The van der Waals surface area contributed by atoms with Crippen molar-refractivity contribution in [3.05, 3.63) is 58.6 Å². The smallest absolute Gasteiger partial charge is 0.191 e. The molecule has 0 heterocycles. The van der Waals surface area contributed by atoms with Crippen LogP contribution in [0.15, 0.2) is 47.5 Å². The van der Waals surface area contributed by atoms with Crippen LogP contribution < -0.4 is 15.4 Å². The van der Waals surface area contributed by atoms with E-state index in [1.165, 1.54) is 0 Å². The predicted molar refractivity (Wildman–Crippen MR) is 113 cm³/mol. The van der Waals surface area contributed by atoms with E-state index in [0.717, 1.165) is 11.1 Å². The normalized spacial score (nSPS) is 12.1. The summed E-state index contributed by atoms with van der Waals surface area (Å²) >= 11 is 6.03. The molecule has 0 aromatic heterocycles. The van der Waals surface area contributed by atoms with Gasteiger partial charge in [0.2, 0.25) is 0 Å². The number of halogens is 2. The zero-order valence-electron chi connectivity index (χ0n) is 14.4. The van der Waals surface area contributed by atoms with E-state index < -0.39 is 0 Å². The van der Waals surface area contributed by atoms with Gasteiger partial charge in [-0.3, -0.25) is 4.99 Å². The number of aromatic hydroxyl groups is 1. The van der Waals surface area contributed by atoms with Crippen molar-refractivity contribution < 1.29 is 9.84 Å². The Morgan fingerprint density at radius 2 is 2.04 bits per heavy atom. The van der Waals surface area contributed by atoms with Gasteiger partial charge >= 0.3 is 0 Å². The van der Waals surface area contributed by atoms with Crippen LogP contribution in [-0.2, 0) is 6.54 Å². The number of guanidine groups is 1. The van der Waals surface area contributed by atoms with Gasteiger partial charge in [0.25, 0.3) is 0 Å². The van der Waals surface area contributed by atoms with Crippen LogP contribution >= 0.6 is 35.6 Å². The Morgan fingerprint density at radius 1 is 1.28 bits per heavy atom. The van der Waals surface area contributed by atoms with E-state index in [4.69, 9.17) is 16.3 Å². The standard InChI is InChI=1S/C18H22ClN3O2.HI/c1-12(13-5-4-6-15(19)9-13)22-18(20-2)21-11-14-10-16(24-3)7-8-17(14)23;/h4-10,12,23H,11H2,1-3H3,(H2,20,21,22);1H. The molecule has 0 bridgehead atoms. The molecule has 2 aromatic rings. The number of phenols is 1. The topological polar surface area (TPSA) is 65.9 Å². The fourth-order valence-electron chi connectivity index (χ4n) is 2.27. The van der Waals surface area contributed by atoms with Gasteiger partial charge in [0.15, 0.2) is 5.96 Å². The molecule has 3 N–H and O–H groups in total. The van der Waals surface area contributed by atoms with Crippen LogP contribution in [0, 0.1) is 0 Å². The van der Waals surface area contributed by atoms with Gasteiger partial charge in [0, 0.05) is 24.2 Å². The van der Waals surface area contributed by atoms with E-state index in [-0.39, 0.29) is 35.8 Å². The number of aliphatic imine (C=N–C) groups is 1. The Morgan fingerprint density at radius 3 is 2.68 bits per heavy atom. The number of hydrogen-bond donors (Lipinski definition) is 3. The van der Waals surface area contributed by atoms with Crippen molar-refractivity contribution in [3.8, 4) is 11.5 Å². The third-order valence-corrected chi connectivity index (χ3v) is 3.89. The molecule has 0 fully saturated rings. The molecule has 0 amide bonds. The van der Waals surface area contributed by atoms with Gasteiger partial charge in [0.1, 0.15) is 11.5 Å². The lowest BCUT2D eigenvalue weighted by Gasteiger charge is -2.19. The van der Waals surface area contributed by atoms with E-state index in [1.54, 1.807) is 32.4 Å². The van der Waals surface area contributed by atoms with Crippen molar-refractivity contribution in [1.82, 2.24) is 10.6 Å². The highest BCUT2D eigenvalue weighted by Crippen LogP contribution is 2.22. The number of rotatable bonds is 5. The van der Waals surface area contributed by atoms with Crippen LogP contribution in [0.3, 0.4) is 0 Å². The first kappa shape index (κ1) is 21.4. The first-order chi connectivity index (χ1) is 11.5. The molecule has 0 saturated carbocycles. The van der Waals surface area contributed by atoms with Gasteiger partial charge in [-0.15, -0.1) is 24.0 Å². The Labute approximate surface area is 170 Å². The predicted octanol–water partition coefficient (Wildman–Crippen LogP) is 4.10. The van der Waals surface area contributed by atoms with Gasteiger partial charge in [-0.25, -0.2) is 0 Å². The van der Waals surface area contributed by atoms with Crippen LogP contribution in [0.4, 0.5) is 0 Å². The maximum absolute atomic E-state index is 9.94. The molecule has 0 radical (unpaired) electrons. The van der Waals surface area contributed by atoms with Crippen LogP contribution in [0.25, 0.3) is 0 Å². The number of methoxy groups -OCH3 is 1. The Kier molecular flexibility index (Phi) is 8.85. The molecule has 0 saturated heterocycles.